The number of rotatable bonds is 5. The van der Waals surface area contributed by atoms with Crippen LogP contribution in [0.1, 0.15) is 25.7 Å². The molecule has 100 valence electrons. The Bertz CT molecular complexity index is 239. The van der Waals surface area contributed by atoms with Crippen molar-refractivity contribution in [2.75, 3.05) is 33.4 Å². The number of carbonyl (C=O) groups excluding carboxylic acids is 1. The summed E-state index contributed by atoms with van der Waals surface area (Å²) in [7, 11) is 1.57. The van der Waals surface area contributed by atoms with Gasteiger partial charge in [-0.1, -0.05) is 0 Å². The maximum atomic E-state index is 11.6. The SMILES string of the molecule is COCC(=O)N1CCC(NCC2CC2)CC1.Cl. The third-order valence-electron chi connectivity index (χ3n) is 3.51. The number of halogens is 1. The maximum Gasteiger partial charge on any atom is 0.248 e. The number of amides is 1. The molecule has 2 rings (SSSR count). The van der Waals surface area contributed by atoms with Crippen molar-refractivity contribution in [1.82, 2.24) is 10.2 Å². The summed E-state index contributed by atoms with van der Waals surface area (Å²) in [4.78, 5) is 13.5. The molecule has 0 unspecified atom stereocenters. The van der Waals surface area contributed by atoms with Crippen molar-refractivity contribution in [2.45, 2.75) is 31.7 Å². The Labute approximate surface area is 109 Å². The van der Waals surface area contributed by atoms with E-state index in [1.807, 2.05) is 4.90 Å². The van der Waals surface area contributed by atoms with Crippen LogP contribution in [0.2, 0.25) is 0 Å². The number of methoxy groups -OCH3 is 1. The molecule has 0 aromatic rings. The van der Waals surface area contributed by atoms with Crippen LogP contribution in [0, 0.1) is 5.92 Å². The largest absolute Gasteiger partial charge is 0.375 e. The van der Waals surface area contributed by atoms with Crippen molar-refractivity contribution in [3.8, 4) is 0 Å². The molecule has 0 radical (unpaired) electrons. The average Bonchev–Trinajstić information content (AvgIpc) is 3.11. The fourth-order valence-corrected chi connectivity index (χ4v) is 2.20. The zero-order chi connectivity index (χ0) is 11.4. The van der Waals surface area contributed by atoms with Crippen LogP contribution in [-0.2, 0) is 9.53 Å². The summed E-state index contributed by atoms with van der Waals surface area (Å²) in [6.45, 7) is 3.16. The second-order valence-electron chi connectivity index (χ2n) is 4.94. The Kier molecular flexibility index (Phi) is 6.23. The van der Waals surface area contributed by atoms with Gasteiger partial charge < -0.3 is 15.0 Å². The second kappa shape index (κ2) is 7.19. The molecular formula is C12H23ClN2O2. The van der Waals surface area contributed by atoms with Crippen molar-refractivity contribution in [1.29, 1.82) is 0 Å². The zero-order valence-corrected chi connectivity index (χ0v) is 11.3. The van der Waals surface area contributed by atoms with Gasteiger partial charge in [0.15, 0.2) is 0 Å². The topological polar surface area (TPSA) is 41.6 Å². The van der Waals surface area contributed by atoms with Crippen LogP contribution in [0.3, 0.4) is 0 Å². The Morgan fingerprint density at radius 2 is 1.94 bits per heavy atom. The predicted molar refractivity (Wildman–Crippen MR) is 69.5 cm³/mol. The van der Waals surface area contributed by atoms with Crippen molar-refractivity contribution >= 4 is 18.3 Å². The Hall–Kier alpha value is -0.320. The van der Waals surface area contributed by atoms with Crippen molar-refractivity contribution < 1.29 is 9.53 Å². The molecule has 1 saturated heterocycles. The van der Waals surface area contributed by atoms with Gasteiger partial charge in [-0.05, 0) is 38.1 Å². The van der Waals surface area contributed by atoms with Crippen LogP contribution in [0.15, 0.2) is 0 Å². The minimum Gasteiger partial charge on any atom is -0.375 e. The van der Waals surface area contributed by atoms with Gasteiger partial charge in [-0.15, -0.1) is 12.4 Å². The lowest BCUT2D eigenvalue weighted by atomic mass is 10.0. The number of piperidine rings is 1. The quantitative estimate of drug-likeness (QED) is 0.805. The van der Waals surface area contributed by atoms with Gasteiger partial charge in [0.25, 0.3) is 0 Å². The summed E-state index contributed by atoms with van der Waals surface area (Å²) in [6, 6.07) is 0.618. The first-order valence-corrected chi connectivity index (χ1v) is 6.29. The summed E-state index contributed by atoms with van der Waals surface area (Å²) in [5, 5.41) is 3.61. The number of nitrogens with one attached hydrogen (secondary N) is 1. The van der Waals surface area contributed by atoms with E-state index in [0.29, 0.717) is 6.04 Å². The Balaban J connectivity index is 0.00000144. The molecule has 4 nitrogen and oxygen atoms in total. The van der Waals surface area contributed by atoms with E-state index in [1.165, 1.54) is 19.4 Å². The lowest BCUT2D eigenvalue weighted by Gasteiger charge is -2.32. The molecule has 1 heterocycles. The molecule has 0 aromatic carbocycles. The summed E-state index contributed by atoms with van der Waals surface area (Å²) in [5.74, 6) is 1.07. The van der Waals surface area contributed by atoms with Gasteiger partial charge in [0, 0.05) is 26.2 Å². The van der Waals surface area contributed by atoms with Crippen molar-refractivity contribution in [3.63, 3.8) is 0 Å². The fourth-order valence-electron chi connectivity index (χ4n) is 2.20. The highest BCUT2D eigenvalue weighted by molar-refractivity contribution is 5.85. The zero-order valence-electron chi connectivity index (χ0n) is 10.5. The fraction of sp³-hybridized carbons (Fsp3) is 0.917. The third kappa shape index (κ3) is 4.82. The Morgan fingerprint density at radius 1 is 1.29 bits per heavy atom. The minimum absolute atomic E-state index is 0. The molecule has 2 aliphatic rings. The lowest BCUT2D eigenvalue weighted by Crippen LogP contribution is -2.46. The van der Waals surface area contributed by atoms with Crippen LogP contribution < -0.4 is 5.32 Å². The summed E-state index contributed by atoms with van der Waals surface area (Å²) in [6.07, 6.45) is 4.97. The van der Waals surface area contributed by atoms with Crippen LogP contribution in [0.4, 0.5) is 0 Å². The van der Waals surface area contributed by atoms with Crippen molar-refractivity contribution in [3.05, 3.63) is 0 Å². The van der Waals surface area contributed by atoms with E-state index >= 15 is 0 Å². The van der Waals surface area contributed by atoms with E-state index in [1.54, 1.807) is 7.11 Å². The molecule has 1 aliphatic heterocycles. The minimum atomic E-state index is 0. The van der Waals surface area contributed by atoms with Gasteiger partial charge in [0.1, 0.15) is 6.61 Å². The highest BCUT2D eigenvalue weighted by atomic mass is 35.5. The molecule has 0 bridgehead atoms. The van der Waals surface area contributed by atoms with Crippen molar-refractivity contribution in [2.24, 2.45) is 5.92 Å². The number of likely N-dealkylation sites (tertiary alicyclic amines) is 1. The van der Waals surface area contributed by atoms with Gasteiger partial charge in [0.2, 0.25) is 5.91 Å². The number of nitrogens with zero attached hydrogens (tertiary/aromatic N) is 1. The molecule has 1 saturated carbocycles. The molecule has 0 atom stereocenters. The molecule has 0 spiro atoms. The first kappa shape index (κ1) is 14.7. The normalized spacial score (nSPS) is 21.1. The highest BCUT2D eigenvalue weighted by Gasteiger charge is 2.25. The number of carbonyl (C=O) groups is 1. The van der Waals surface area contributed by atoms with Gasteiger partial charge >= 0.3 is 0 Å². The van der Waals surface area contributed by atoms with Gasteiger partial charge in [-0.3, -0.25) is 4.79 Å². The van der Waals surface area contributed by atoms with E-state index in [9.17, 15) is 4.79 Å². The van der Waals surface area contributed by atoms with Gasteiger partial charge in [-0.25, -0.2) is 0 Å². The molecular weight excluding hydrogens is 240 g/mol. The molecule has 2 fully saturated rings. The molecule has 17 heavy (non-hydrogen) atoms. The highest BCUT2D eigenvalue weighted by Crippen LogP contribution is 2.28. The van der Waals surface area contributed by atoms with E-state index in [0.717, 1.165) is 31.8 Å². The predicted octanol–water partition coefficient (Wildman–Crippen LogP) is 1.05. The third-order valence-corrected chi connectivity index (χ3v) is 3.51. The summed E-state index contributed by atoms with van der Waals surface area (Å²) in [5.41, 5.74) is 0. The smallest absolute Gasteiger partial charge is 0.248 e. The van der Waals surface area contributed by atoms with E-state index in [4.69, 9.17) is 4.74 Å². The molecule has 1 N–H and O–H groups in total. The molecule has 1 aliphatic carbocycles. The number of ether oxygens (including phenoxy) is 1. The van der Waals surface area contributed by atoms with E-state index < -0.39 is 0 Å². The van der Waals surface area contributed by atoms with Crippen LogP contribution in [0.25, 0.3) is 0 Å². The van der Waals surface area contributed by atoms with E-state index in [-0.39, 0.29) is 24.9 Å². The maximum absolute atomic E-state index is 11.6. The van der Waals surface area contributed by atoms with E-state index in [2.05, 4.69) is 5.32 Å². The second-order valence-corrected chi connectivity index (χ2v) is 4.94. The monoisotopic (exact) mass is 262 g/mol. The first-order chi connectivity index (χ1) is 7.79. The lowest BCUT2D eigenvalue weighted by molar-refractivity contribution is -0.136. The van der Waals surface area contributed by atoms with Crippen LogP contribution in [-0.4, -0.2) is 50.2 Å². The first-order valence-electron chi connectivity index (χ1n) is 6.29. The van der Waals surface area contributed by atoms with Crippen LogP contribution in [0.5, 0.6) is 0 Å². The summed E-state index contributed by atoms with van der Waals surface area (Å²) < 4.78 is 4.86. The average molecular weight is 263 g/mol. The number of hydrogen-bond acceptors (Lipinski definition) is 3. The molecule has 0 aromatic heterocycles. The van der Waals surface area contributed by atoms with Gasteiger partial charge in [-0.2, -0.15) is 0 Å². The number of hydrogen-bond donors (Lipinski definition) is 1. The standard InChI is InChI=1S/C12H22N2O2.ClH/c1-16-9-12(15)14-6-4-11(5-7-14)13-8-10-2-3-10;/h10-11,13H,2-9H2,1H3;1H. The Morgan fingerprint density at radius 3 is 2.47 bits per heavy atom. The summed E-state index contributed by atoms with van der Waals surface area (Å²) >= 11 is 0. The van der Waals surface area contributed by atoms with Crippen LogP contribution >= 0.6 is 12.4 Å². The van der Waals surface area contributed by atoms with Gasteiger partial charge in [0.05, 0.1) is 0 Å². The molecule has 1 amide bonds. The molecule has 5 heteroatoms.